The molecule has 0 bridgehead atoms. The maximum Gasteiger partial charge on any atom is 0.410 e. The maximum absolute atomic E-state index is 13.3. The van der Waals surface area contributed by atoms with Crippen LogP contribution in [0.1, 0.15) is 62.3 Å². The van der Waals surface area contributed by atoms with Gasteiger partial charge in [0.25, 0.3) is 5.91 Å². The molecule has 0 saturated carbocycles. The Labute approximate surface area is 177 Å². The number of esters is 1. The number of piperidine rings is 1. The third kappa shape index (κ3) is 4.76. The third-order valence-corrected chi connectivity index (χ3v) is 5.43. The number of amides is 2. The van der Waals surface area contributed by atoms with Gasteiger partial charge in [0.05, 0.1) is 19.1 Å². The first-order valence-electron chi connectivity index (χ1n) is 10.6. The molecule has 3 heterocycles. The Balaban J connectivity index is 1.77. The molecule has 30 heavy (non-hydrogen) atoms. The van der Waals surface area contributed by atoms with Crippen LogP contribution < -0.4 is 0 Å². The van der Waals surface area contributed by atoms with Crippen molar-refractivity contribution >= 4 is 18.0 Å². The van der Waals surface area contributed by atoms with E-state index in [4.69, 9.17) is 9.47 Å². The molecule has 9 heteroatoms. The highest BCUT2D eigenvalue weighted by atomic mass is 16.6. The van der Waals surface area contributed by atoms with Gasteiger partial charge < -0.3 is 19.3 Å². The summed E-state index contributed by atoms with van der Waals surface area (Å²) < 4.78 is 12.4. The minimum atomic E-state index is -0.582. The van der Waals surface area contributed by atoms with Crippen molar-refractivity contribution in [2.75, 3.05) is 26.2 Å². The molecular formula is C21H32N4O5. The van der Waals surface area contributed by atoms with Crippen molar-refractivity contribution in [3.05, 3.63) is 17.0 Å². The van der Waals surface area contributed by atoms with Gasteiger partial charge in [0.15, 0.2) is 5.69 Å². The van der Waals surface area contributed by atoms with Gasteiger partial charge in [0.1, 0.15) is 5.60 Å². The highest BCUT2D eigenvalue weighted by Gasteiger charge is 2.35. The third-order valence-electron chi connectivity index (χ3n) is 5.43. The second-order valence-corrected chi connectivity index (χ2v) is 8.89. The molecule has 0 aromatic carbocycles. The van der Waals surface area contributed by atoms with Crippen LogP contribution in [-0.2, 0) is 34.3 Å². The number of aromatic nitrogens is 2. The van der Waals surface area contributed by atoms with E-state index < -0.39 is 11.7 Å². The lowest BCUT2D eigenvalue weighted by atomic mass is 9.97. The Morgan fingerprint density at radius 2 is 1.90 bits per heavy atom. The molecule has 0 N–H and O–H groups in total. The van der Waals surface area contributed by atoms with Gasteiger partial charge in [0.2, 0.25) is 0 Å². The molecule has 166 valence electrons. The Morgan fingerprint density at radius 1 is 1.17 bits per heavy atom. The van der Waals surface area contributed by atoms with Gasteiger partial charge in [-0.3, -0.25) is 14.3 Å². The van der Waals surface area contributed by atoms with E-state index >= 15 is 0 Å². The SMILES string of the molecule is CCOC(=O)C1CCCN(C(=O)c2nn(C)c3c2CN(C(=O)OC(C)(C)C)CC3)C1. The first kappa shape index (κ1) is 22.1. The van der Waals surface area contributed by atoms with Crippen molar-refractivity contribution in [2.45, 2.75) is 59.1 Å². The van der Waals surface area contributed by atoms with E-state index in [1.807, 2.05) is 27.8 Å². The number of hydrogen-bond acceptors (Lipinski definition) is 6. The summed E-state index contributed by atoms with van der Waals surface area (Å²) in [6.45, 7) is 9.31. The van der Waals surface area contributed by atoms with Crippen molar-refractivity contribution in [3.63, 3.8) is 0 Å². The maximum atomic E-state index is 13.3. The molecule has 9 nitrogen and oxygen atoms in total. The Bertz CT molecular complexity index is 826. The Hall–Kier alpha value is -2.58. The molecule has 1 aromatic rings. The number of fused-ring (bicyclic) bond motifs is 1. The molecule has 0 spiro atoms. The second kappa shape index (κ2) is 8.65. The van der Waals surface area contributed by atoms with Crippen LogP contribution >= 0.6 is 0 Å². The summed E-state index contributed by atoms with van der Waals surface area (Å²) in [7, 11) is 1.82. The smallest absolute Gasteiger partial charge is 0.410 e. The van der Waals surface area contributed by atoms with Crippen molar-refractivity contribution in [1.29, 1.82) is 0 Å². The molecule has 1 atom stereocenters. The van der Waals surface area contributed by atoms with Crippen molar-refractivity contribution in [2.24, 2.45) is 13.0 Å². The lowest BCUT2D eigenvalue weighted by molar-refractivity contribution is -0.149. The van der Waals surface area contributed by atoms with E-state index in [1.54, 1.807) is 21.4 Å². The van der Waals surface area contributed by atoms with E-state index in [1.165, 1.54) is 0 Å². The lowest BCUT2D eigenvalue weighted by Crippen LogP contribution is -2.44. The summed E-state index contributed by atoms with van der Waals surface area (Å²) in [5.74, 6) is -0.763. The number of aryl methyl sites for hydroxylation is 1. The van der Waals surface area contributed by atoms with Crippen molar-refractivity contribution < 1.29 is 23.9 Å². The molecule has 2 aliphatic rings. The highest BCUT2D eigenvalue weighted by Crippen LogP contribution is 2.26. The Kier molecular flexibility index (Phi) is 6.38. The first-order chi connectivity index (χ1) is 14.1. The van der Waals surface area contributed by atoms with Gasteiger partial charge in [-0.05, 0) is 40.5 Å². The molecule has 1 unspecified atom stereocenters. The average Bonchev–Trinajstić information content (AvgIpc) is 3.02. The van der Waals surface area contributed by atoms with Crippen LogP contribution in [0.2, 0.25) is 0 Å². The quantitative estimate of drug-likeness (QED) is 0.696. The van der Waals surface area contributed by atoms with Gasteiger partial charge in [-0.25, -0.2) is 4.79 Å². The second-order valence-electron chi connectivity index (χ2n) is 8.89. The van der Waals surface area contributed by atoms with Crippen LogP contribution in [0.3, 0.4) is 0 Å². The van der Waals surface area contributed by atoms with Gasteiger partial charge in [0, 0.05) is 44.4 Å². The first-order valence-corrected chi connectivity index (χ1v) is 10.6. The zero-order valence-corrected chi connectivity index (χ0v) is 18.6. The molecule has 1 saturated heterocycles. The molecule has 1 fully saturated rings. The van der Waals surface area contributed by atoms with Crippen LogP contribution in [0.25, 0.3) is 0 Å². The summed E-state index contributed by atoms with van der Waals surface area (Å²) in [5.41, 5.74) is 1.49. The molecule has 2 aliphatic heterocycles. The van der Waals surface area contributed by atoms with Gasteiger partial charge in [-0.1, -0.05) is 0 Å². The number of rotatable bonds is 3. The fourth-order valence-corrected chi connectivity index (χ4v) is 4.01. The number of nitrogens with zero attached hydrogens (tertiary/aromatic N) is 4. The summed E-state index contributed by atoms with van der Waals surface area (Å²) in [6, 6.07) is 0. The summed E-state index contributed by atoms with van der Waals surface area (Å²) in [6.07, 6.45) is 1.68. The van der Waals surface area contributed by atoms with E-state index in [0.717, 1.165) is 24.1 Å². The molecule has 0 radical (unpaired) electrons. The lowest BCUT2D eigenvalue weighted by Gasteiger charge is -2.32. The number of carbonyl (C=O) groups excluding carboxylic acids is 3. The minimum Gasteiger partial charge on any atom is -0.466 e. The number of hydrogen-bond donors (Lipinski definition) is 0. The van der Waals surface area contributed by atoms with E-state index in [2.05, 4.69) is 5.10 Å². The Morgan fingerprint density at radius 3 is 2.57 bits per heavy atom. The van der Waals surface area contributed by atoms with Crippen LogP contribution in [0.5, 0.6) is 0 Å². The van der Waals surface area contributed by atoms with Crippen molar-refractivity contribution in [1.82, 2.24) is 19.6 Å². The molecule has 1 aromatic heterocycles. The molecule has 2 amide bonds. The molecule has 0 aliphatic carbocycles. The monoisotopic (exact) mass is 420 g/mol. The minimum absolute atomic E-state index is 0.202. The van der Waals surface area contributed by atoms with Crippen LogP contribution in [0.4, 0.5) is 4.79 Å². The van der Waals surface area contributed by atoms with Crippen LogP contribution in [0.15, 0.2) is 0 Å². The van der Waals surface area contributed by atoms with Gasteiger partial charge in [-0.15, -0.1) is 0 Å². The standard InChI is InChI=1S/C21H32N4O5/c1-6-29-19(27)14-8-7-10-24(12-14)18(26)17-15-13-25(20(28)30-21(2,3)4)11-9-16(15)23(5)22-17/h14H,6-13H2,1-5H3. The predicted molar refractivity (Wildman–Crippen MR) is 109 cm³/mol. The fourth-order valence-electron chi connectivity index (χ4n) is 4.01. The van der Waals surface area contributed by atoms with Crippen LogP contribution in [-0.4, -0.2) is 69.4 Å². The van der Waals surface area contributed by atoms with Crippen molar-refractivity contribution in [3.8, 4) is 0 Å². The zero-order valence-electron chi connectivity index (χ0n) is 18.6. The van der Waals surface area contributed by atoms with E-state index in [9.17, 15) is 14.4 Å². The van der Waals surface area contributed by atoms with Crippen LogP contribution in [0, 0.1) is 5.92 Å². The molecular weight excluding hydrogens is 388 g/mol. The fraction of sp³-hybridized carbons (Fsp3) is 0.714. The zero-order chi connectivity index (χ0) is 22.1. The largest absolute Gasteiger partial charge is 0.466 e. The molecule has 3 rings (SSSR count). The summed E-state index contributed by atoms with van der Waals surface area (Å²) >= 11 is 0. The summed E-state index contributed by atoms with van der Waals surface area (Å²) in [4.78, 5) is 41.2. The normalized spacial score (nSPS) is 19.3. The number of likely N-dealkylation sites (tertiary alicyclic amines) is 1. The number of ether oxygens (including phenoxy) is 2. The summed E-state index contributed by atoms with van der Waals surface area (Å²) in [5, 5.41) is 4.47. The number of carbonyl (C=O) groups is 3. The highest BCUT2D eigenvalue weighted by molar-refractivity contribution is 5.94. The van der Waals surface area contributed by atoms with E-state index in [-0.39, 0.29) is 24.3 Å². The van der Waals surface area contributed by atoms with Gasteiger partial charge in [-0.2, -0.15) is 5.10 Å². The van der Waals surface area contributed by atoms with Gasteiger partial charge >= 0.3 is 12.1 Å². The predicted octanol–water partition coefficient (Wildman–Crippen LogP) is 2.13. The van der Waals surface area contributed by atoms with E-state index in [0.29, 0.717) is 38.4 Å². The average molecular weight is 421 g/mol. The topological polar surface area (TPSA) is 94.0 Å².